The number of benzene rings is 1. The summed E-state index contributed by atoms with van der Waals surface area (Å²) in [6.07, 6.45) is -4.80. The van der Waals surface area contributed by atoms with Crippen LogP contribution in [-0.2, 0) is 4.74 Å². The van der Waals surface area contributed by atoms with Gasteiger partial charge in [-0.05, 0) is 37.3 Å². The third kappa shape index (κ3) is 5.16. The number of nitrogens with one attached hydrogen (secondary N) is 1. The standard InChI is InChI=1S/C24H20F4N6O3/c1-12-3-5-20(33-32-12)30-17-7-16-18(8-19(17)37-14-9-35-10-14)34(11-29-16)21-6-4-15(23(27)28)24(31-21)36-13(2)22(25)26/h3-8,11,14,22-23H,2,9-10H2,1H3,(H,30,33). The number of aryl methyl sites for hydroxylation is 1. The smallest absolute Gasteiger partial charge is 0.294 e. The van der Waals surface area contributed by atoms with E-state index in [1.165, 1.54) is 17.0 Å². The molecule has 0 radical (unpaired) electrons. The fourth-order valence-corrected chi connectivity index (χ4v) is 3.47. The lowest BCUT2D eigenvalue weighted by Crippen LogP contribution is -2.38. The third-order valence-electron chi connectivity index (χ3n) is 5.44. The summed E-state index contributed by atoms with van der Waals surface area (Å²) in [5, 5.41) is 11.3. The Balaban J connectivity index is 1.55. The van der Waals surface area contributed by atoms with Gasteiger partial charge in [-0.3, -0.25) is 4.57 Å². The molecule has 9 nitrogen and oxygen atoms in total. The SMILES string of the molecule is C=C(Oc1nc(-n2cnc3cc(Nc4ccc(C)nn4)c(OC4COC4)cc32)ccc1C(F)F)C(F)F. The summed E-state index contributed by atoms with van der Waals surface area (Å²) in [4.78, 5) is 8.44. The van der Waals surface area contributed by atoms with Gasteiger partial charge in [0.05, 0.1) is 41.2 Å². The van der Waals surface area contributed by atoms with Crippen LogP contribution >= 0.6 is 0 Å². The molecule has 1 aromatic carbocycles. The van der Waals surface area contributed by atoms with Crippen LogP contribution in [0.2, 0.25) is 0 Å². The number of allylic oxidation sites excluding steroid dienone is 1. The lowest BCUT2D eigenvalue weighted by Gasteiger charge is -2.27. The van der Waals surface area contributed by atoms with Crippen LogP contribution in [0.5, 0.6) is 11.6 Å². The Morgan fingerprint density at radius 1 is 1.14 bits per heavy atom. The first-order valence-corrected chi connectivity index (χ1v) is 11.1. The highest BCUT2D eigenvalue weighted by Crippen LogP contribution is 2.35. The second-order valence-corrected chi connectivity index (χ2v) is 8.15. The number of imidazole rings is 1. The molecule has 1 aliphatic heterocycles. The van der Waals surface area contributed by atoms with Crippen molar-refractivity contribution in [1.29, 1.82) is 0 Å². The minimum absolute atomic E-state index is 0.118. The van der Waals surface area contributed by atoms with E-state index in [1.54, 1.807) is 24.3 Å². The molecule has 3 aromatic heterocycles. The van der Waals surface area contributed by atoms with Crippen LogP contribution in [-0.4, -0.2) is 50.5 Å². The molecule has 1 aliphatic rings. The van der Waals surface area contributed by atoms with E-state index in [9.17, 15) is 17.6 Å². The fourth-order valence-electron chi connectivity index (χ4n) is 3.47. The number of pyridine rings is 1. The van der Waals surface area contributed by atoms with E-state index < -0.39 is 30.1 Å². The first kappa shape index (κ1) is 24.4. The van der Waals surface area contributed by atoms with Crippen molar-refractivity contribution < 1.29 is 31.8 Å². The molecule has 1 fully saturated rings. The number of ether oxygens (including phenoxy) is 3. The molecule has 0 amide bonds. The quantitative estimate of drug-likeness (QED) is 0.242. The molecule has 0 bridgehead atoms. The summed E-state index contributed by atoms with van der Waals surface area (Å²) in [7, 11) is 0. The van der Waals surface area contributed by atoms with Crippen LogP contribution in [0.15, 0.2) is 55.1 Å². The molecule has 4 aromatic rings. The van der Waals surface area contributed by atoms with Gasteiger partial charge in [0.15, 0.2) is 11.6 Å². The number of anilines is 2. The second-order valence-electron chi connectivity index (χ2n) is 8.15. The molecule has 4 heterocycles. The van der Waals surface area contributed by atoms with Gasteiger partial charge in [0.1, 0.15) is 24.0 Å². The lowest BCUT2D eigenvalue weighted by atomic mass is 10.2. The number of halogens is 4. The monoisotopic (exact) mass is 516 g/mol. The fraction of sp³-hybridized carbons (Fsp3) is 0.250. The molecule has 192 valence electrons. The number of alkyl halides is 4. The Morgan fingerprint density at radius 2 is 1.95 bits per heavy atom. The van der Waals surface area contributed by atoms with Gasteiger partial charge in [0.25, 0.3) is 12.9 Å². The van der Waals surface area contributed by atoms with Crippen molar-refractivity contribution in [2.45, 2.75) is 25.9 Å². The van der Waals surface area contributed by atoms with Crippen molar-refractivity contribution >= 4 is 22.5 Å². The van der Waals surface area contributed by atoms with E-state index >= 15 is 0 Å². The van der Waals surface area contributed by atoms with Gasteiger partial charge in [-0.2, -0.15) is 10.1 Å². The molecule has 13 heteroatoms. The predicted octanol–water partition coefficient (Wildman–Crippen LogP) is 5.14. The van der Waals surface area contributed by atoms with Gasteiger partial charge in [-0.1, -0.05) is 6.58 Å². The van der Waals surface area contributed by atoms with Crippen molar-refractivity contribution in [3.05, 3.63) is 66.3 Å². The summed E-state index contributed by atoms with van der Waals surface area (Å²) < 4.78 is 70.5. The molecule has 5 rings (SSSR count). The van der Waals surface area contributed by atoms with E-state index in [2.05, 4.69) is 32.1 Å². The van der Waals surface area contributed by atoms with Gasteiger partial charge in [0.2, 0.25) is 5.88 Å². The van der Waals surface area contributed by atoms with E-state index in [1.807, 2.05) is 6.92 Å². The van der Waals surface area contributed by atoms with Crippen LogP contribution in [0, 0.1) is 6.92 Å². The maximum Gasteiger partial charge on any atom is 0.294 e. The zero-order valence-electron chi connectivity index (χ0n) is 19.4. The van der Waals surface area contributed by atoms with Gasteiger partial charge in [-0.15, -0.1) is 5.10 Å². The maximum atomic E-state index is 13.5. The summed E-state index contributed by atoms with van der Waals surface area (Å²) in [6, 6.07) is 9.37. The highest BCUT2D eigenvalue weighted by molar-refractivity contribution is 5.86. The Labute approximate surface area is 207 Å². The number of hydrogen-bond donors (Lipinski definition) is 1. The molecule has 1 saturated heterocycles. The highest BCUT2D eigenvalue weighted by atomic mass is 19.3. The summed E-state index contributed by atoms with van der Waals surface area (Å²) in [5.41, 5.74) is 1.72. The lowest BCUT2D eigenvalue weighted by molar-refractivity contribution is -0.0793. The van der Waals surface area contributed by atoms with Gasteiger partial charge >= 0.3 is 0 Å². The number of hydrogen-bond acceptors (Lipinski definition) is 8. The molecular formula is C24H20F4N6O3. The van der Waals surface area contributed by atoms with Crippen LogP contribution in [0.25, 0.3) is 16.9 Å². The van der Waals surface area contributed by atoms with Crippen molar-refractivity contribution in [2.24, 2.45) is 0 Å². The molecule has 0 saturated carbocycles. The topological polar surface area (TPSA) is 96.2 Å². The van der Waals surface area contributed by atoms with E-state index in [0.29, 0.717) is 41.5 Å². The zero-order chi connectivity index (χ0) is 26.1. The first-order valence-electron chi connectivity index (χ1n) is 11.1. The number of fused-ring (bicyclic) bond motifs is 1. The Hall–Kier alpha value is -4.26. The molecule has 0 aliphatic carbocycles. The van der Waals surface area contributed by atoms with Crippen molar-refractivity contribution in [3.63, 3.8) is 0 Å². The Kier molecular flexibility index (Phi) is 6.61. The minimum Gasteiger partial charge on any atom is -0.483 e. The maximum absolute atomic E-state index is 13.5. The van der Waals surface area contributed by atoms with Crippen LogP contribution in [0.1, 0.15) is 17.7 Å². The van der Waals surface area contributed by atoms with Crippen LogP contribution < -0.4 is 14.8 Å². The molecule has 0 spiro atoms. The minimum atomic E-state index is -3.07. The van der Waals surface area contributed by atoms with Crippen molar-refractivity contribution in [1.82, 2.24) is 24.7 Å². The van der Waals surface area contributed by atoms with Gasteiger partial charge < -0.3 is 19.5 Å². The first-order chi connectivity index (χ1) is 17.8. The molecule has 37 heavy (non-hydrogen) atoms. The Morgan fingerprint density at radius 3 is 2.59 bits per heavy atom. The summed E-state index contributed by atoms with van der Waals surface area (Å²) in [5.74, 6) is -0.595. The highest BCUT2D eigenvalue weighted by Gasteiger charge is 2.24. The largest absolute Gasteiger partial charge is 0.483 e. The van der Waals surface area contributed by atoms with E-state index in [4.69, 9.17) is 14.2 Å². The van der Waals surface area contributed by atoms with Gasteiger partial charge in [0, 0.05) is 6.07 Å². The predicted molar refractivity (Wildman–Crippen MR) is 125 cm³/mol. The molecule has 0 atom stereocenters. The third-order valence-corrected chi connectivity index (χ3v) is 5.44. The average Bonchev–Trinajstić information content (AvgIpc) is 3.25. The van der Waals surface area contributed by atoms with Crippen LogP contribution in [0.3, 0.4) is 0 Å². The number of aromatic nitrogens is 5. The number of nitrogens with zero attached hydrogens (tertiary/aromatic N) is 5. The molecule has 0 unspecified atom stereocenters. The number of rotatable bonds is 9. The Bertz CT molecular complexity index is 1440. The molecular weight excluding hydrogens is 496 g/mol. The molecule has 1 N–H and O–H groups in total. The average molecular weight is 516 g/mol. The van der Waals surface area contributed by atoms with Crippen molar-refractivity contribution in [3.8, 4) is 17.4 Å². The second kappa shape index (κ2) is 10.0. The van der Waals surface area contributed by atoms with E-state index in [0.717, 1.165) is 11.8 Å². The normalized spacial score (nSPS) is 13.7. The zero-order valence-corrected chi connectivity index (χ0v) is 19.4. The van der Waals surface area contributed by atoms with E-state index in [-0.39, 0.29) is 11.9 Å². The van der Waals surface area contributed by atoms with Gasteiger partial charge in [-0.25, -0.2) is 22.5 Å². The summed E-state index contributed by atoms with van der Waals surface area (Å²) in [6.45, 7) is 5.74. The summed E-state index contributed by atoms with van der Waals surface area (Å²) >= 11 is 0. The van der Waals surface area contributed by atoms with Crippen LogP contribution in [0.4, 0.5) is 29.1 Å². The van der Waals surface area contributed by atoms with Crippen molar-refractivity contribution in [2.75, 3.05) is 18.5 Å².